The van der Waals surface area contributed by atoms with Gasteiger partial charge in [0.05, 0.1) is 18.4 Å². The zero-order valence-corrected chi connectivity index (χ0v) is 14.8. The summed E-state index contributed by atoms with van der Waals surface area (Å²) in [5.74, 6) is 0.275. The maximum atomic E-state index is 12.7. The minimum absolute atomic E-state index is 0.255. The molecule has 2 heterocycles. The van der Waals surface area contributed by atoms with Crippen LogP contribution in [0.5, 0.6) is 5.75 Å². The molecule has 1 N–H and O–H groups in total. The summed E-state index contributed by atoms with van der Waals surface area (Å²) >= 11 is 1.36. The van der Waals surface area contributed by atoms with Crippen molar-refractivity contribution >= 4 is 33.1 Å². The monoisotopic (exact) mass is 361 g/mol. The number of anilines is 1. The number of hydrogen-bond donors (Lipinski definition) is 1. The Balaban J connectivity index is 1.62. The van der Waals surface area contributed by atoms with E-state index in [4.69, 9.17) is 4.74 Å². The fourth-order valence-electron chi connectivity index (χ4n) is 2.69. The molecule has 0 atom stereocenters. The molecular weight excluding hydrogens is 346 g/mol. The van der Waals surface area contributed by atoms with Gasteiger partial charge in [0, 0.05) is 11.6 Å². The van der Waals surface area contributed by atoms with Crippen molar-refractivity contribution in [1.29, 1.82) is 0 Å². The standard InChI is InChI=1S/C20H15N3O2S/c1-25-18-11-14-7-3-2-6-13(14)10-15(18)19(24)23-20-22-17(12-26-20)16-8-4-5-9-21-16/h2-12H,1H3,(H,22,23,24). The first-order valence-electron chi connectivity index (χ1n) is 7.99. The Labute approximate surface area is 154 Å². The van der Waals surface area contributed by atoms with E-state index in [0.717, 1.165) is 22.2 Å². The summed E-state index contributed by atoms with van der Waals surface area (Å²) in [5, 5.41) is 7.24. The van der Waals surface area contributed by atoms with Gasteiger partial charge in [-0.3, -0.25) is 15.1 Å². The number of nitrogens with zero attached hydrogens (tertiary/aromatic N) is 2. The predicted molar refractivity (Wildman–Crippen MR) is 104 cm³/mol. The van der Waals surface area contributed by atoms with E-state index in [2.05, 4.69) is 15.3 Å². The average Bonchev–Trinajstić information content (AvgIpc) is 3.16. The van der Waals surface area contributed by atoms with Crippen molar-refractivity contribution in [2.75, 3.05) is 12.4 Å². The number of rotatable bonds is 4. The first-order chi connectivity index (χ1) is 12.7. The summed E-state index contributed by atoms with van der Waals surface area (Å²) in [7, 11) is 1.56. The van der Waals surface area contributed by atoms with Crippen LogP contribution in [0.25, 0.3) is 22.2 Å². The van der Waals surface area contributed by atoms with E-state index in [1.165, 1.54) is 11.3 Å². The Morgan fingerprint density at radius 1 is 1.04 bits per heavy atom. The molecule has 0 radical (unpaired) electrons. The number of ether oxygens (including phenoxy) is 1. The maximum absolute atomic E-state index is 12.7. The summed E-state index contributed by atoms with van der Waals surface area (Å²) in [6.45, 7) is 0. The quantitative estimate of drug-likeness (QED) is 0.576. The van der Waals surface area contributed by atoms with Crippen LogP contribution in [0.2, 0.25) is 0 Å². The highest BCUT2D eigenvalue weighted by atomic mass is 32.1. The highest BCUT2D eigenvalue weighted by Gasteiger charge is 2.16. The van der Waals surface area contributed by atoms with Crippen molar-refractivity contribution in [3.05, 3.63) is 71.7 Å². The van der Waals surface area contributed by atoms with Crippen molar-refractivity contribution in [3.8, 4) is 17.1 Å². The molecule has 6 heteroatoms. The summed E-state index contributed by atoms with van der Waals surface area (Å²) in [6.07, 6.45) is 1.72. The molecular formula is C20H15N3O2S. The van der Waals surface area contributed by atoms with Gasteiger partial charge in [0.15, 0.2) is 5.13 Å². The zero-order chi connectivity index (χ0) is 17.9. The lowest BCUT2D eigenvalue weighted by Crippen LogP contribution is -2.13. The fourth-order valence-corrected chi connectivity index (χ4v) is 3.39. The van der Waals surface area contributed by atoms with Gasteiger partial charge in [0.25, 0.3) is 5.91 Å². The van der Waals surface area contributed by atoms with E-state index in [1.807, 2.05) is 60.0 Å². The minimum atomic E-state index is -0.255. The number of nitrogens with one attached hydrogen (secondary N) is 1. The van der Waals surface area contributed by atoms with Crippen LogP contribution in [-0.4, -0.2) is 23.0 Å². The van der Waals surface area contributed by atoms with Crippen molar-refractivity contribution in [2.24, 2.45) is 0 Å². The van der Waals surface area contributed by atoms with E-state index in [1.54, 1.807) is 13.3 Å². The number of methoxy groups -OCH3 is 1. The van der Waals surface area contributed by atoms with Crippen LogP contribution in [0.3, 0.4) is 0 Å². The Morgan fingerprint density at radius 3 is 2.54 bits per heavy atom. The van der Waals surface area contributed by atoms with E-state index < -0.39 is 0 Å². The van der Waals surface area contributed by atoms with Crippen LogP contribution >= 0.6 is 11.3 Å². The molecule has 4 aromatic rings. The Bertz CT molecular complexity index is 1080. The second-order valence-corrected chi connectivity index (χ2v) is 6.46. The number of benzene rings is 2. The molecule has 0 aliphatic rings. The van der Waals surface area contributed by atoms with Gasteiger partial charge in [-0.1, -0.05) is 30.3 Å². The second-order valence-electron chi connectivity index (χ2n) is 5.61. The van der Waals surface area contributed by atoms with Crippen molar-refractivity contribution in [2.45, 2.75) is 0 Å². The molecule has 5 nitrogen and oxygen atoms in total. The third kappa shape index (κ3) is 3.14. The topological polar surface area (TPSA) is 64.1 Å². The smallest absolute Gasteiger partial charge is 0.261 e. The minimum Gasteiger partial charge on any atom is -0.496 e. The van der Waals surface area contributed by atoms with Crippen molar-refractivity contribution in [1.82, 2.24) is 9.97 Å². The lowest BCUT2D eigenvalue weighted by atomic mass is 10.1. The van der Waals surface area contributed by atoms with Crippen molar-refractivity contribution < 1.29 is 9.53 Å². The van der Waals surface area contributed by atoms with Gasteiger partial charge >= 0.3 is 0 Å². The average molecular weight is 361 g/mol. The van der Waals surface area contributed by atoms with Gasteiger partial charge in [-0.25, -0.2) is 4.98 Å². The molecule has 0 fully saturated rings. The Hall–Kier alpha value is -3.25. The SMILES string of the molecule is COc1cc2ccccc2cc1C(=O)Nc1nc(-c2ccccn2)cs1. The molecule has 0 aliphatic carbocycles. The van der Waals surface area contributed by atoms with E-state index >= 15 is 0 Å². The molecule has 0 spiro atoms. The highest BCUT2D eigenvalue weighted by Crippen LogP contribution is 2.28. The third-order valence-corrected chi connectivity index (χ3v) is 4.72. The van der Waals surface area contributed by atoms with Gasteiger partial charge in [0.2, 0.25) is 0 Å². The summed E-state index contributed by atoms with van der Waals surface area (Å²) in [6, 6.07) is 17.2. The lowest BCUT2D eigenvalue weighted by Gasteiger charge is -2.10. The number of carbonyl (C=O) groups is 1. The van der Waals surface area contributed by atoms with Gasteiger partial charge in [-0.05, 0) is 35.0 Å². The number of aromatic nitrogens is 2. The van der Waals surface area contributed by atoms with Crippen LogP contribution in [-0.2, 0) is 0 Å². The molecule has 26 heavy (non-hydrogen) atoms. The number of fused-ring (bicyclic) bond motifs is 1. The van der Waals surface area contributed by atoms with Gasteiger partial charge in [-0.15, -0.1) is 11.3 Å². The van der Waals surface area contributed by atoms with Crippen LogP contribution in [0.1, 0.15) is 10.4 Å². The normalized spacial score (nSPS) is 10.7. The molecule has 0 saturated heterocycles. The summed E-state index contributed by atoms with van der Waals surface area (Å²) in [5.41, 5.74) is 1.98. The summed E-state index contributed by atoms with van der Waals surface area (Å²) < 4.78 is 5.40. The zero-order valence-electron chi connectivity index (χ0n) is 14.0. The maximum Gasteiger partial charge on any atom is 0.261 e. The molecule has 128 valence electrons. The number of hydrogen-bond acceptors (Lipinski definition) is 5. The van der Waals surface area contributed by atoms with Crippen LogP contribution < -0.4 is 10.1 Å². The molecule has 2 aromatic heterocycles. The lowest BCUT2D eigenvalue weighted by molar-refractivity contribution is 0.102. The number of pyridine rings is 1. The summed E-state index contributed by atoms with van der Waals surface area (Å²) in [4.78, 5) is 21.5. The van der Waals surface area contributed by atoms with Crippen LogP contribution in [0.15, 0.2) is 66.2 Å². The van der Waals surface area contributed by atoms with Gasteiger partial charge < -0.3 is 4.74 Å². The predicted octanol–water partition coefficient (Wildman–Crippen LogP) is 4.62. The van der Waals surface area contributed by atoms with Crippen LogP contribution in [0, 0.1) is 0 Å². The Kier molecular flexibility index (Phi) is 4.33. The second kappa shape index (κ2) is 6.93. The Morgan fingerprint density at radius 2 is 1.81 bits per heavy atom. The van der Waals surface area contributed by atoms with E-state index in [0.29, 0.717) is 16.4 Å². The molecule has 0 bridgehead atoms. The largest absolute Gasteiger partial charge is 0.496 e. The number of thiazole rings is 1. The number of amides is 1. The third-order valence-electron chi connectivity index (χ3n) is 3.96. The molecule has 0 aliphatic heterocycles. The molecule has 1 amide bonds. The van der Waals surface area contributed by atoms with Gasteiger partial charge in [-0.2, -0.15) is 0 Å². The van der Waals surface area contributed by atoms with Crippen molar-refractivity contribution in [3.63, 3.8) is 0 Å². The molecule has 0 unspecified atom stereocenters. The fraction of sp³-hybridized carbons (Fsp3) is 0.0500. The molecule has 2 aromatic carbocycles. The van der Waals surface area contributed by atoms with Crippen LogP contribution in [0.4, 0.5) is 5.13 Å². The first-order valence-corrected chi connectivity index (χ1v) is 8.87. The molecule has 4 rings (SSSR count). The van der Waals surface area contributed by atoms with E-state index in [9.17, 15) is 4.79 Å². The first kappa shape index (κ1) is 16.2. The highest BCUT2D eigenvalue weighted by molar-refractivity contribution is 7.14. The van der Waals surface area contributed by atoms with E-state index in [-0.39, 0.29) is 5.91 Å². The number of carbonyl (C=O) groups excluding carboxylic acids is 1. The molecule has 0 saturated carbocycles. The van der Waals surface area contributed by atoms with Gasteiger partial charge in [0.1, 0.15) is 11.4 Å².